The van der Waals surface area contributed by atoms with Crippen LogP contribution in [0.15, 0.2) is 60.7 Å². The van der Waals surface area contributed by atoms with Gasteiger partial charge in [0.25, 0.3) is 5.71 Å². The highest BCUT2D eigenvalue weighted by Gasteiger charge is 2.35. The van der Waals surface area contributed by atoms with Crippen LogP contribution in [0.25, 0.3) is 10.8 Å². The maximum atomic E-state index is 12.4. The van der Waals surface area contributed by atoms with Crippen molar-refractivity contribution in [3.05, 3.63) is 71.8 Å². The second-order valence-corrected chi connectivity index (χ2v) is 6.06. The van der Waals surface area contributed by atoms with Crippen molar-refractivity contribution in [1.82, 2.24) is 0 Å². The zero-order chi connectivity index (χ0) is 18.1. The first-order chi connectivity index (χ1) is 12.7. The summed E-state index contributed by atoms with van der Waals surface area (Å²) in [7, 11) is 0. The summed E-state index contributed by atoms with van der Waals surface area (Å²) in [5.74, 6) is 7.17. The van der Waals surface area contributed by atoms with Crippen LogP contribution in [-0.2, 0) is 4.79 Å². The Morgan fingerprint density at radius 1 is 1.00 bits per heavy atom. The van der Waals surface area contributed by atoms with E-state index in [9.17, 15) is 4.79 Å². The highest BCUT2D eigenvalue weighted by atomic mass is 16.5. The monoisotopic (exact) mass is 340 g/mol. The molecular formula is C23H18NO2+. The van der Waals surface area contributed by atoms with Crippen LogP contribution in [0, 0.1) is 11.8 Å². The molecule has 26 heavy (non-hydrogen) atoms. The van der Waals surface area contributed by atoms with Gasteiger partial charge in [-0.15, -0.1) is 4.58 Å². The van der Waals surface area contributed by atoms with Crippen LogP contribution < -0.4 is 4.74 Å². The van der Waals surface area contributed by atoms with Crippen LogP contribution in [0.5, 0.6) is 5.75 Å². The summed E-state index contributed by atoms with van der Waals surface area (Å²) in [6.07, 6.45) is 0. The van der Waals surface area contributed by atoms with Gasteiger partial charge < -0.3 is 4.74 Å². The van der Waals surface area contributed by atoms with Gasteiger partial charge in [-0.25, -0.2) is 4.79 Å². The highest BCUT2D eigenvalue weighted by molar-refractivity contribution is 6.24. The summed E-state index contributed by atoms with van der Waals surface area (Å²) in [6.45, 7) is 4.13. The van der Waals surface area contributed by atoms with E-state index in [1.165, 1.54) is 0 Å². The van der Waals surface area contributed by atoms with Crippen LogP contribution in [0.2, 0.25) is 0 Å². The van der Waals surface area contributed by atoms with E-state index in [2.05, 4.69) is 11.8 Å². The lowest BCUT2D eigenvalue weighted by molar-refractivity contribution is -0.359. The van der Waals surface area contributed by atoms with E-state index in [1.807, 2.05) is 67.6 Å². The largest absolute Gasteiger partial charge is 0.493 e. The first-order valence-corrected chi connectivity index (χ1v) is 8.64. The molecule has 1 heterocycles. The van der Waals surface area contributed by atoms with E-state index < -0.39 is 0 Å². The molecule has 3 nitrogen and oxygen atoms in total. The fourth-order valence-electron chi connectivity index (χ4n) is 3.37. The number of carbonyl (C=O) groups excluding carboxylic acids is 1. The Labute approximate surface area is 152 Å². The lowest BCUT2D eigenvalue weighted by Gasteiger charge is -2.07. The molecule has 1 aliphatic rings. The fraction of sp³-hybridized carbons (Fsp3) is 0.130. The maximum Gasteiger partial charge on any atom is 0.390 e. The molecule has 0 spiro atoms. The smallest absolute Gasteiger partial charge is 0.390 e. The van der Waals surface area contributed by atoms with Gasteiger partial charge in [0.2, 0.25) is 5.69 Å². The maximum absolute atomic E-state index is 12.4. The second-order valence-electron chi connectivity index (χ2n) is 6.06. The van der Waals surface area contributed by atoms with Gasteiger partial charge in [0.1, 0.15) is 5.75 Å². The number of nitrogens with zero attached hydrogens (tertiary/aromatic N) is 1. The quantitative estimate of drug-likeness (QED) is 0.515. The van der Waals surface area contributed by atoms with Crippen molar-refractivity contribution in [2.75, 3.05) is 6.61 Å². The predicted molar refractivity (Wildman–Crippen MR) is 103 cm³/mol. The van der Waals surface area contributed by atoms with Crippen LogP contribution in [-0.4, -0.2) is 22.8 Å². The first kappa shape index (κ1) is 16.1. The summed E-state index contributed by atoms with van der Waals surface area (Å²) in [6, 6.07) is 19.7. The third kappa shape index (κ3) is 2.57. The normalized spacial score (nSPS) is 12.1. The van der Waals surface area contributed by atoms with Crippen molar-refractivity contribution < 1.29 is 14.1 Å². The Hall–Kier alpha value is -3.38. The third-order valence-electron chi connectivity index (χ3n) is 4.41. The number of rotatable bonds is 2. The average Bonchev–Trinajstić information content (AvgIpc) is 2.98. The lowest BCUT2D eigenvalue weighted by atomic mass is 10.0. The minimum atomic E-state index is -0.0518. The number of benzene rings is 3. The van der Waals surface area contributed by atoms with E-state index in [0.717, 1.165) is 39.0 Å². The zero-order valence-electron chi connectivity index (χ0n) is 14.7. The Kier molecular flexibility index (Phi) is 4.02. The van der Waals surface area contributed by atoms with Crippen molar-refractivity contribution in [2.45, 2.75) is 13.8 Å². The van der Waals surface area contributed by atoms with Crippen molar-refractivity contribution in [3.63, 3.8) is 0 Å². The third-order valence-corrected chi connectivity index (χ3v) is 4.41. The van der Waals surface area contributed by atoms with Gasteiger partial charge in [-0.05, 0) is 31.2 Å². The van der Waals surface area contributed by atoms with Gasteiger partial charge in [-0.2, -0.15) is 0 Å². The summed E-state index contributed by atoms with van der Waals surface area (Å²) in [5.41, 5.74) is 3.47. The molecule has 0 bridgehead atoms. The second kappa shape index (κ2) is 6.50. The van der Waals surface area contributed by atoms with Gasteiger partial charge in [-0.3, -0.25) is 0 Å². The molecular weight excluding hydrogens is 322 g/mol. The number of carbonyl (C=O) groups is 1. The van der Waals surface area contributed by atoms with Crippen molar-refractivity contribution in [1.29, 1.82) is 0 Å². The minimum Gasteiger partial charge on any atom is -0.493 e. The SMILES string of the molecule is CCOc1ccc2c3c(cccc13)[N+](C(C)=O)=C2C#Cc1ccccc1. The predicted octanol–water partition coefficient (Wildman–Crippen LogP) is 4.28. The molecule has 0 saturated heterocycles. The van der Waals surface area contributed by atoms with E-state index in [1.54, 1.807) is 11.5 Å². The Balaban J connectivity index is 1.96. The molecule has 3 heteroatoms. The van der Waals surface area contributed by atoms with Gasteiger partial charge in [-0.1, -0.05) is 36.3 Å². The van der Waals surface area contributed by atoms with Gasteiger partial charge in [0.05, 0.1) is 24.5 Å². The highest BCUT2D eigenvalue weighted by Crippen LogP contribution is 2.39. The molecule has 0 unspecified atom stereocenters. The van der Waals surface area contributed by atoms with Crippen molar-refractivity contribution >= 4 is 28.1 Å². The molecule has 0 aromatic heterocycles. The van der Waals surface area contributed by atoms with E-state index >= 15 is 0 Å². The minimum absolute atomic E-state index is 0.0518. The van der Waals surface area contributed by atoms with Crippen LogP contribution in [0.4, 0.5) is 5.69 Å². The molecule has 4 rings (SSSR count). The average molecular weight is 340 g/mol. The molecule has 0 fully saturated rings. The van der Waals surface area contributed by atoms with Crippen molar-refractivity contribution in [3.8, 4) is 17.6 Å². The molecule has 0 N–H and O–H groups in total. The molecule has 1 aliphatic heterocycles. The van der Waals surface area contributed by atoms with Crippen molar-refractivity contribution in [2.24, 2.45) is 0 Å². The Bertz CT molecular complexity index is 1120. The number of hydrogen-bond donors (Lipinski definition) is 0. The first-order valence-electron chi connectivity index (χ1n) is 8.64. The molecule has 0 atom stereocenters. The Morgan fingerprint density at radius 3 is 2.54 bits per heavy atom. The Morgan fingerprint density at radius 2 is 1.81 bits per heavy atom. The van der Waals surface area contributed by atoms with Gasteiger partial charge >= 0.3 is 5.91 Å². The molecule has 3 aromatic rings. The van der Waals surface area contributed by atoms with Crippen LogP contribution in [0.3, 0.4) is 0 Å². The van der Waals surface area contributed by atoms with Crippen LogP contribution in [0.1, 0.15) is 25.0 Å². The van der Waals surface area contributed by atoms with E-state index in [-0.39, 0.29) is 5.91 Å². The van der Waals surface area contributed by atoms with Crippen LogP contribution >= 0.6 is 0 Å². The standard InChI is InChI=1S/C23H18NO2/c1-3-26-22-15-13-18-20(14-12-17-8-5-4-6-9-17)24(16(2)25)21-11-7-10-19(22)23(18)21/h4-11,13,15H,3H2,1-2H3/q+1. The summed E-state index contributed by atoms with van der Waals surface area (Å²) < 4.78 is 7.47. The summed E-state index contributed by atoms with van der Waals surface area (Å²) in [4.78, 5) is 12.4. The van der Waals surface area contributed by atoms with Gasteiger partial charge in [0, 0.05) is 22.9 Å². The molecule has 0 saturated carbocycles. The topological polar surface area (TPSA) is 29.3 Å². The van der Waals surface area contributed by atoms with Gasteiger partial charge in [0.15, 0.2) is 0 Å². The molecule has 0 radical (unpaired) electrons. The number of hydrogen-bond acceptors (Lipinski definition) is 2. The summed E-state index contributed by atoms with van der Waals surface area (Å²) in [5, 5.41) is 2.02. The number of ether oxygens (including phenoxy) is 1. The molecule has 126 valence electrons. The molecule has 0 aliphatic carbocycles. The molecule has 3 aromatic carbocycles. The van der Waals surface area contributed by atoms with E-state index in [4.69, 9.17) is 4.74 Å². The zero-order valence-corrected chi connectivity index (χ0v) is 14.7. The number of amides is 1. The summed E-state index contributed by atoms with van der Waals surface area (Å²) >= 11 is 0. The fourth-order valence-corrected chi connectivity index (χ4v) is 3.37. The lowest BCUT2D eigenvalue weighted by Crippen LogP contribution is -2.17. The molecule has 1 amide bonds. The van der Waals surface area contributed by atoms with E-state index in [0.29, 0.717) is 6.61 Å².